The Morgan fingerprint density at radius 1 is 1.29 bits per heavy atom. The maximum absolute atomic E-state index is 12.2. The molecule has 0 aliphatic carbocycles. The number of benzene rings is 1. The van der Waals surface area contributed by atoms with Crippen LogP contribution in [0, 0.1) is 0 Å². The molecule has 0 unspecified atom stereocenters. The lowest BCUT2D eigenvalue weighted by atomic mass is 10.0. The number of fused-ring (bicyclic) bond motifs is 1. The molecule has 1 aromatic carbocycles. The van der Waals surface area contributed by atoms with Gasteiger partial charge in [0.15, 0.2) is 0 Å². The van der Waals surface area contributed by atoms with Gasteiger partial charge in [0, 0.05) is 17.8 Å². The van der Waals surface area contributed by atoms with Gasteiger partial charge in [-0.25, -0.2) is 4.79 Å². The standard InChI is InChI=1S/C14H20N2O/c1-14(2,3)15-13(17)16-10-6-8-11-7-4-5-9-12(11)16/h4-5,7,9H,6,8,10H2,1-3H3,(H,15,17). The SMILES string of the molecule is CC(C)(C)NC(=O)N1CCCc2ccccc21. The molecule has 1 aliphatic rings. The highest BCUT2D eigenvalue weighted by molar-refractivity contribution is 5.93. The third-order valence-corrected chi connectivity index (χ3v) is 2.84. The fourth-order valence-electron chi connectivity index (χ4n) is 2.13. The van der Waals surface area contributed by atoms with Gasteiger partial charge in [-0.05, 0) is 45.2 Å². The number of amides is 2. The number of urea groups is 1. The Morgan fingerprint density at radius 3 is 2.71 bits per heavy atom. The molecule has 92 valence electrons. The predicted molar refractivity (Wildman–Crippen MR) is 70.4 cm³/mol. The molecule has 0 aromatic heterocycles. The summed E-state index contributed by atoms with van der Waals surface area (Å²) in [6.07, 6.45) is 2.10. The van der Waals surface area contributed by atoms with Gasteiger partial charge in [-0.1, -0.05) is 18.2 Å². The van der Waals surface area contributed by atoms with Crippen LogP contribution in [0.5, 0.6) is 0 Å². The van der Waals surface area contributed by atoms with E-state index in [1.807, 2.05) is 43.9 Å². The van der Waals surface area contributed by atoms with Crippen LogP contribution in [-0.4, -0.2) is 18.1 Å². The fraction of sp³-hybridized carbons (Fsp3) is 0.500. The average Bonchev–Trinajstić information content (AvgIpc) is 2.26. The molecule has 1 aromatic rings. The summed E-state index contributed by atoms with van der Waals surface area (Å²) < 4.78 is 0. The Balaban J connectivity index is 2.21. The lowest BCUT2D eigenvalue weighted by Gasteiger charge is -2.32. The van der Waals surface area contributed by atoms with Gasteiger partial charge in [0.2, 0.25) is 0 Å². The monoisotopic (exact) mass is 232 g/mol. The van der Waals surface area contributed by atoms with Gasteiger partial charge in [-0.3, -0.25) is 4.90 Å². The maximum Gasteiger partial charge on any atom is 0.322 e. The van der Waals surface area contributed by atoms with E-state index in [0.29, 0.717) is 0 Å². The lowest BCUT2D eigenvalue weighted by molar-refractivity contribution is 0.237. The lowest BCUT2D eigenvalue weighted by Crippen LogP contribution is -2.50. The van der Waals surface area contributed by atoms with Crippen LogP contribution in [0.4, 0.5) is 10.5 Å². The molecule has 1 heterocycles. The van der Waals surface area contributed by atoms with Crippen molar-refractivity contribution >= 4 is 11.7 Å². The van der Waals surface area contributed by atoms with Gasteiger partial charge < -0.3 is 5.32 Å². The molecule has 0 saturated heterocycles. The predicted octanol–water partition coefficient (Wildman–Crippen LogP) is 2.95. The van der Waals surface area contributed by atoms with Crippen LogP contribution in [0.25, 0.3) is 0 Å². The van der Waals surface area contributed by atoms with Gasteiger partial charge in [0.05, 0.1) is 0 Å². The van der Waals surface area contributed by atoms with Gasteiger partial charge in [-0.2, -0.15) is 0 Å². The molecular formula is C14H20N2O. The van der Waals surface area contributed by atoms with Crippen LogP contribution in [-0.2, 0) is 6.42 Å². The topological polar surface area (TPSA) is 32.3 Å². The molecule has 0 fully saturated rings. The Bertz CT molecular complexity index is 420. The molecule has 1 aliphatic heterocycles. The first kappa shape index (κ1) is 12.0. The van der Waals surface area contributed by atoms with E-state index in [1.54, 1.807) is 0 Å². The molecule has 2 amide bonds. The number of carbonyl (C=O) groups is 1. The van der Waals surface area contributed by atoms with E-state index >= 15 is 0 Å². The maximum atomic E-state index is 12.2. The Hall–Kier alpha value is -1.51. The van der Waals surface area contributed by atoms with Crippen molar-refractivity contribution < 1.29 is 4.79 Å². The van der Waals surface area contributed by atoms with Gasteiger partial charge >= 0.3 is 6.03 Å². The molecule has 0 radical (unpaired) electrons. The van der Waals surface area contributed by atoms with E-state index in [9.17, 15) is 4.79 Å². The van der Waals surface area contributed by atoms with Gasteiger partial charge in [-0.15, -0.1) is 0 Å². The molecular weight excluding hydrogens is 212 g/mol. The minimum atomic E-state index is -0.191. The van der Waals surface area contributed by atoms with Crippen LogP contribution in [0.3, 0.4) is 0 Å². The second kappa shape index (κ2) is 4.40. The van der Waals surface area contributed by atoms with Crippen molar-refractivity contribution in [3.8, 4) is 0 Å². The van der Waals surface area contributed by atoms with E-state index in [1.165, 1.54) is 5.56 Å². The van der Waals surface area contributed by atoms with E-state index in [-0.39, 0.29) is 11.6 Å². The Morgan fingerprint density at radius 2 is 2.00 bits per heavy atom. The minimum absolute atomic E-state index is 0.00431. The van der Waals surface area contributed by atoms with Crippen molar-refractivity contribution in [1.29, 1.82) is 0 Å². The van der Waals surface area contributed by atoms with Crippen LogP contribution >= 0.6 is 0 Å². The normalized spacial score (nSPS) is 15.4. The number of hydrogen-bond donors (Lipinski definition) is 1. The van der Waals surface area contributed by atoms with Crippen LogP contribution in [0.1, 0.15) is 32.8 Å². The van der Waals surface area contributed by atoms with E-state index in [4.69, 9.17) is 0 Å². The highest BCUT2D eigenvalue weighted by Gasteiger charge is 2.24. The molecule has 0 atom stereocenters. The first-order chi connectivity index (χ1) is 7.97. The summed E-state index contributed by atoms with van der Waals surface area (Å²) in [5.41, 5.74) is 2.13. The highest BCUT2D eigenvalue weighted by atomic mass is 16.2. The molecule has 2 rings (SSSR count). The summed E-state index contributed by atoms with van der Waals surface area (Å²) in [5, 5.41) is 3.02. The van der Waals surface area contributed by atoms with Gasteiger partial charge in [0.1, 0.15) is 0 Å². The molecule has 0 saturated carbocycles. The number of carbonyl (C=O) groups excluding carboxylic acids is 1. The van der Waals surface area contributed by atoms with Crippen molar-refractivity contribution in [3.63, 3.8) is 0 Å². The van der Waals surface area contributed by atoms with Crippen LogP contribution < -0.4 is 10.2 Å². The van der Waals surface area contributed by atoms with Crippen LogP contribution in [0.2, 0.25) is 0 Å². The number of nitrogens with one attached hydrogen (secondary N) is 1. The summed E-state index contributed by atoms with van der Waals surface area (Å²) in [7, 11) is 0. The molecule has 17 heavy (non-hydrogen) atoms. The number of rotatable bonds is 0. The van der Waals surface area contributed by atoms with Crippen molar-refractivity contribution in [3.05, 3.63) is 29.8 Å². The minimum Gasteiger partial charge on any atom is -0.333 e. The first-order valence-corrected chi connectivity index (χ1v) is 6.15. The van der Waals surface area contributed by atoms with E-state index < -0.39 is 0 Å². The summed E-state index contributed by atoms with van der Waals surface area (Å²) in [6, 6.07) is 8.15. The molecule has 3 heteroatoms. The summed E-state index contributed by atoms with van der Waals surface area (Å²) in [4.78, 5) is 14.0. The first-order valence-electron chi connectivity index (χ1n) is 6.15. The molecule has 1 N–H and O–H groups in total. The van der Waals surface area contributed by atoms with E-state index in [2.05, 4.69) is 11.4 Å². The second-order valence-corrected chi connectivity index (χ2v) is 5.56. The number of hydrogen-bond acceptors (Lipinski definition) is 1. The number of anilines is 1. The Labute approximate surface area is 103 Å². The van der Waals surface area contributed by atoms with Crippen molar-refractivity contribution in [2.24, 2.45) is 0 Å². The van der Waals surface area contributed by atoms with Crippen molar-refractivity contribution in [2.45, 2.75) is 39.2 Å². The van der Waals surface area contributed by atoms with Crippen LogP contribution in [0.15, 0.2) is 24.3 Å². The molecule has 0 bridgehead atoms. The van der Waals surface area contributed by atoms with E-state index in [0.717, 1.165) is 25.1 Å². The zero-order valence-electron chi connectivity index (χ0n) is 10.8. The zero-order chi connectivity index (χ0) is 12.5. The van der Waals surface area contributed by atoms with Crippen molar-refractivity contribution in [2.75, 3.05) is 11.4 Å². The number of aryl methyl sites for hydroxylation is 1. The third kappa shape index (κ3) is 2.78. The quantitative estimate of drug-likeness (QED) is 0.733. The van der Waals surface area contributed by atoms with Gasteiger partial charge in [0.25, 0.3) is 0 Å². The number of para-hydroxylation sites is 1. The summed E-state index contributed by atoms with van der Waals surface area (Å²) in [5.74, 6) is 0. The number of nitrogens with zero attached hydrogens (tertiary/aromatic N) is 1. The average molecular weight is 232 g/mol. The molecule has 0 spiro atoms. The van der Waals surface area contributed by atoms with Crippen molar-refractivity contribution in [1.82, 2.24) is 5.32 Å². The summed E-state index contributed by atoms with van der Waals surface area (Å²) >= 11 is 0. The largest absolute Gasteiger partial charge is 0.333 e. The second-order valence-electron chi connectivity index (χ2n) is 5.56. The fourth-order valence-corrected chi connectivity index (χ4v) is 2.13. The highest BCUT2D eigenvalue weighted by Crippen LogP contribution is 2.26. The zero-order valence-corrected chi connectivity index (χ0v) is 10.8. The molecule has 3 nitrogen and oxygen atoms in total. The Kier molecular flexibility index (Phi) is 3.09. The summed E-state index contributed by atoms with van der Waals surface area (Å²) in [6.45, 7) is 6.81. The third-order valence-electron chi connectivity index (χ3n) is 2.84. The smallest absolute Gasteiger partial charge is 0.322 e.